The van der Waals surface area contributed by atoms with Gasteiger partial charge in [0, 0.05) is 5.54 Å². The maximum Gasteiger partial charge on any atom is 0.237 e. The molecule has 4 bridgehead atoms. The lowest BCUT2D eigenvalue weighted by atomic mass is 9.53. The minimum Gasteiger partial charge on any atom is -0.468 e. The second-order valence-electron chi connectivity index (χ2n) is 8.36. The van der Waals surface area contributed by atoms with E-state index in [1.165, 1.54) is 38.5 Å². The molecule has 1 atom stereocenters. The molecule has 5 rings (SSSR count). The number of nitrogens with zero attached hydrogens (tertiary/aromatic N) is 1. The van der Waals surface area contributed by atoms with Crippen LogP contribution in [0.25, 0.3) is 0 Å². The van der Waals surface area contributed by atoms with Crippen LogP contribution in [0.2, 0.25) is 0 Å². The first-order valence-corrected chi connectivity index (χ1v) is 9.08. The van der Waals surface area contributed by atoms with E-state index in [1.54, 1.807) is 6.26 Å². The molecule has 1 unspecified atom stereocenters. The van der Waals surface area contributed by atoms with Crippen molar-refractivity contribution in [3.05, 3.63) is 24.2 Å². The van der Waals surface area contributed by atoms with Crippen molar-refractivity contribution in [1.29, 1.82) is 0 Å². The lowest BCUT2D eigenvalue weighted by Crippen LogP contribution is -2.62. The summed E-state index contributed by atoms with van der Waals surface area (Å²) in [6, 6.07) is 3.72. The highest BCUT2D eigenvalue weighted by Gasteiger charge is 2.51. The van der Waals surface area contributed by atoms with E-state index in [0.29, 0.717) is 6.54 Å². The number of nitrogens with one attached hydrogen (secondary N) is 1. The van der Waals surface area contributed by atoms with Crippen molar-refractivity contribution < 1.29 is 9.21 Å². The van der Waals surface area contributed by atoms with E-state index in [4.69, 9.17) is 4.42 Å². The van der Waals surface area contributed by atoms with Gasteiger partial charge in [0.15, 0.2) is 0 Å². The molecule has 4 heteroatoms. The first-order valence-electron chi connectivity index (χ1n) is 9.08. The molecule has 4 saturated carbocycles. The van der Waals surface area contributed by atoms with Gasteiger partial charge in [-0.1, -0.05) is 0 Å². The number of carbonyl (C=O) groups excluding carboxylic acids is 1. The molecule has 1 amide bonds. The van der Waals surface area contributed by atoms with Crippen LogP contribution in [0.4, 0.5) is 0 Å². The average molecular weight is 316 g/mol. The lowest BCUT2D eigenvalue weighted by Gasteiger charge is -2.57. The molecule has 4 aliphatic carbocycles. The summed E-state index contributed by atoms with van der Waals surface area (Å²) in [6.07, 6.45) is 9.52. The summed E-state index contributed by atoms with van der Waals surface area (Å²) < 4.78 is 5.39. The molecule has 1 heterocycles. The minimum atomic E-state index is -0.131. The molecule has 4 fully saturated rings. The molecule has 1 N–H and O–H groups in total. The predicted octanol–water partition coefficient (Wildman–Crippen LogP) is 3.18. The smallest absolute Gasteiger partial charge is 0.237 e. The normalized spacial score (nSPS) is 36.4. The fourth-order valence-electron chi connectivity index (χ4n) is 5.61. The summed E-state index contributed by atoms with van der Waals surface area (Å²) >= 11 is 0. The van der Waals surface area contributed by atoms with Gasteiger partial charge < -0.3 is 9.73 Å². The summed E-state index contributed by atoms with van der Waals surface area (Å²) in [4.78, 5) is 14.9. The van der Waals surface area contributed by atoms with Crippen LogP contribution in [-0.4, -0.2) is 29.4 Å². The monoisotopic (exact) mass is 316 g/mol. The van der Waals surface area contributed by atoms with E-state index in [1.807, 2.05) is 26.1 Å². The van der Waals surface area contributed by atoms with E-state index in [9.17, 15) is 4.79 Å². The van der Waals surface area contributed by atoms with Gasteiger partial charge in [0.25, 0.3) is 0 Å². The lowest BCUT2D eigenvalue weighted by molar-refractivity contribution is -0.131. The number of rotatable bonds is 5. The molecule has 126 valence electrons. The van der Waals surface area contributed by atoms with Crippen molar-refractivity contribution in [3.63, 3.8) is 0 Å². The molecular weight excluding hydrogens is 288 g/mol. The molecule has 23 heavy (non-hydrogen) atoms. The van der Waals surface area contributed by atoms with Crippen molar-refractivity contribution in [2.24, 2.45) is 17.8 Å². The first-order chi connectivity index (χ1) is 11.0. The van der Waals surface area contributed by atoms with Crippen LogP contribution in [0.3, 0.4) is 0 Å². The average Bonchev–Trinajstić information content (AvgIpc) is 2.97. The topological polar surface area (TPSA) is 45.5 Å². The zero-order chi connectivity index (χ0) is 16.0. The highest BCUT2D eigenvalue weighted by atomic mass is 16.3. The third-order valence-corrected chi connectivity index (χ3v) is 6.45. The Morgan fingerprint density at radius 2 is 1.91 bits per heavy atom. The van der Waals surface area contributed by atoms with Gasteiger partial charge in [-0.3, -0.25) is 9.69 Å². The Bertz CT molecular complexity index is 531. The summed E-state index contributed by atoms with van der Waals surface area (Å²) in [6.45, 7) is 2.67. The Kier molecular flexibility index (Phi) is 3.75. The number of furan rings is 1. The number of carbonyl (C=O) groups is 1. The fourth-order valence-corrected chi connectivity index (χ4v) is 5.61. The van der Waals surface area contributed by atoms with Crippen molar-refractivity contribution in [3.8, 4) is 0 Å². The van der Waals surface area contributed by atoms with Crippen LogP contribution in [0.1, 0.15) is 51.2 Å². The van der Waals surface area contributed by atoms with E-state index in [0.717, 1.165) is 23.5 Å². The number of hydrogen-bond acceptors (Lipinski definition) is 3. The third-order valence-electron chi connectivity index (χ3n) is 6.45. The van der Waals surface area contributed by atoms with E-state index in [2.05, 4.69) is 10.2 Å². The Balaban J connectivity index is 1.39. The molecule has 0 saturated heterocycles. The maximum absolute atomic E-state index is 12.8. The summed E-state index contributed by atoms with van der Waals surface area (Å²) in [5, 5.41) is 3.47. The van der Waals surface area contributed by atoms with E-state index in [-0.39, 0.29) is 17.5 Å². The fraction of sp³-hybridized carbons (Fsp3) is 0.737. The second-order valence-corrected chi connectivity index (χ2v) is 8.36. The maximum atomic E-state index is 12.8. The molecule has 1 aromatic heterocycles. The Hall–Kier alpha value is -1.29. The van der Waals surface area contributed by atoms with Crippen molar-refractivity contribution >= 4 is 5.91 Å². The van der Waals surface area contributed by atoms with Crippen LogP contribution in [0.15, 0.2) is 22.8 Å². The van der Waals surface area contributed by atoms with Gasteiger partial charge in [-0.05, 0) is 82.4 Å². The number of likely N-dealkylation sites (N-methyl/N-ethyl adjacent to an activating group) is 1. The highest BCUT2D eigenvalue weighted by molar-refractivity contribution is 5.82. The Morgan fingerprint density at radius 1 is 1.30 bits per heavy atom. The molecule has 4 aliphatic rings. The third kappa shape index (κ3) is 2.93. The van der Waals surface area contributed by atoms with Gasteiger partial charge in [-0.15, -0.1) is 0 Å². The quantitative estimate of drug-likeness (QED) is 0.907. The van der Waals surface area contributed by atoms with Crippen LogP contribution >= 0.6 is 0 Å². The zero-order valence-electron chi connectivity index (χ0n) is 14.3. The minimum absolute atomic E-state index is 0.103. The van der Waals surface area contributed by atoms with E-state index < -0.39 is 0 Å². The number of hydrogen-bond donors (Lipinski definition) is 1. The molecule has 4 nitrogen and oxygen atoms in total. The number of amides is 1. The Labute approximate surface area is 138 Å². The van der Waals surface area contributed by atoms with Crippen LogP contribution in [-0.2, 0) is 11.3 Å². The van der Waals surface area contributed by atoms with Gasteiger partial charge >= 0.3 is 0 Å². The van der Waals surface area contributed by atoms with Crippen molar-refractivity contribution in [2.75, 3.05) is 7.05 Å². The molecule has 0 aromatic carbocycles. The van der Waals surface area contributed by atoms with Gasteiger partial charge in [0.05, 0.1) is 18.8 Å². The molecular formula is C19H28N2O2. The van der Waals surface area contributed by atoms with Crippen LogP contribution < -0.4 is 5.32 Å². The molecule has 0 radical (unpaired) electrons. The standard InChI is InChI=1S/C19H28N2O2/c1-13(21(2)12-17-4-3-5-23-17)18(22)20-19-9-14-6-15(10-19)8-16(7-14)11-19/h3-5,13-16H,6-12H2,1-2H3,(H,20,22). The predicted molar refractivity (Wildman–Crippen MR) is 88.7 cm³/mol. The van der Waals surface area contributed by atoms with Gasteiger partial charge in [0.1, 0.15) is 5.76 Å². The Morgan fingerprint density at radius 3 is 2.43 bits per heavy atom. The second kappa shape index (κ2) is 5.66. The summed E-state index contributed by atoms with van der Waals surface area (Å²) in [7, 11) is 1.99. The molecule has 0 aliphatic heterocycles. The van der Waals surface area contributed by atoms with Crippen LogP contribution in [0.5, 0.6) is 0 Å². The van der Waals surface area contributed by atoms with Crippen molar-refractivity contribution in [2.45, 2.75) is 63.6 Å². The first kappa shape index (κ1) is 15.3. The molecule has 1 aromatic rings. The van der Waals surface area contributed by atoms with Gasteiger partial charge in [0.2, 0.25) is 5.91 Å². The summed E-state index contributed by atoms with van der Waals surface area (Å²) in [5.74, 6) is 3.66. The van der Waals surface area contributed by atoms with Gasteiger partial charge in [-0.25, -0.2) is 0 Å². The SMILES string of the molecule is CC(C(=O)NC12CC3CC(CC(C3)C1)C2)N(C)Cc1ccco1. The molecule has 0 spiro atoms. The van der Waals surface area contributed by atoms with Crippen LogP contribution in [0, 0.1) is 17.8 Å². The highest BCUT2D eigenvalue weighted by Crippen LogP contribution is 2.55. The van der Waals surface area contributed by atoms with Crippen molar-refractivity contribution in [1.82, 2.24) is 10.2 Å². The van der Waals surface area contributed by atoms with Gasteiger partial charge in [-0.2, -0.15) is 0 Å². The summed E-state index contributed by atoms with van der Waals surface area (Å²) in [5.41, 5.74) is 0.103. The van der Waals surface area contributed by atoms with E-state index >= 15 is 0 Å². The zero-order valence-corrected chi connectivity index (χ0v) is 14.3. The largest absolute Gasteiger partial charge is 0.468 e.